The quantitative estimate of drug-likeness (QED) is 0.460. The summed E-state index contributed by atoms with van der Waals surface area (Å²) in [6.07, 6.45) is 10.0. The number of hydrogen-bond acceptors (Lipinski definition) is 6. The number of hydrogen-bond donors (Lipinski definition) is 0. The van der Waals surface area contributed by atoms with Crippen molar-refractivity contribution in [2.75, 3.05) is 26.4 Å². The predicted molar refractivity (Wildman–Crippen MR) is 115 cm³/mol. The molecule has 7 heteroatoms. The molecule has 0 aromatic carbocycles. The van der Waals surface area contributed by atoms with Gasteiger partial charge < -0.3 is 23.8 Å². The Labute approximate surface area is 181 Å². The van der Waals surface area contributed by atoms with Crippen LogP contribution in [0.2, 0.25) is 0 Å². The first-order chi connectivity index (χ1) is 14.2. The van der Waals surface area contributed by atoms with Gasteiger partial charge in [-0.25, -0.2) is 0 Å². The Hall–Kier alpha value is -1.62. The first kappa shape index (κ1) is 26.4. The minimum Gasteiger partial charge on any atom is -0.460 e. The van der Waals surface area contributed by atoms with Gasteiger partial charge >= 0.3 is 5.97 Å². The van der Waals surface area contributed by atoms with Gasteiger partial charge in [0.1, 0.15) is 11.7 Å². The van der Waals surface area contributed by atoms with Gasteiger partial charge in [-0.3, -0.25) is 9.59 Å². The summed E-state index contributed by atoms with van der Waals surface area (Å²) in [6, 6.07) is 0.139. The number of carbonyl (C=O) groups excluding carboxylic acids is 2. The number of nitrogens with zero attached hydrogens (tertiary/aromatic N) is 1. The molecule has 2 aliphatic rings. The van der Waals surface area contributed by atoms with Crippen molar-refractivity contribution in [2.45, 2.75) is 97.2 Å². The monoisotopic (exact) mass is 425 g/mol. The van der Waals surface area contributed by atoms with Crippen LogP contribution in [0.3, 0.4) is 0 Å². The van der Waals surface area contributed by atoms with Crippen molar-refractivity contribution in [2.24, 2.45) is 0 Å². The van der Waals surface area contributed by atoms with Crippen LogP contribution in [0.4, 0.5) is 0 Å². The predicted octanol–water partition coefficient (Wildman–Crippen LogP) is 3.30. The van der Waals surface area contributed by atoms with Gasteiger partial charge in [0.25, 0.3) is 5.91 Å². The van der Waals surface area contributed by atoms with E-state index in [2.05, 4.69) is 12.8 Å². The Kier molecular flexibility index (Phi) is 12.0. The molecule has 2 fully saturated rings. The maximum Gasteiger partial charge on any atom is 0.303 e. The Morgan fingerprint density at radius 3 is 2.53 bits per heavy atom. The van der Waals surface area contributed by atoms with Crippen LogP contribution in [0.5, 0.6) is 0 Å². The van der Waals surface area contributed by atoms with Crippen LogP contribution in [-0.2, 0) is 28.5 Å². The summed E-state index contributed by atoms with van der Waals surface area (Å²) in [7, 11) is 0. The van der Waals surface area contributed by atoms with E-state index in [0.717, 1.165) is 32.3 Å². The maximum atomic E-state index is 12.5. The van der Waals surface area contributed by atoms with Crippen molar-refractivity contribution in [3.63, 3.8) is 0 Å². The maximum absolute atomic E-state index is 12.5. The average molecular weight is 426 g/mol. The van der Waals surface area contributed by atoms with Gasteiger partial charge in [-0.1, -0.05) is 6.92 Å². The van der Waals surface area contributed by atoms with E-state index in [1.165, 1.54) is 6.92 Å². The van der Waals surface area contributed by atoms with Gasteiger partial charge in [-0.2, -0.15) is 0 Å². The van der Waals surface area contributed by atoms with Crippen LogP contribution < -0.4 is 0 Å². The van der Waals surface area contributed by atoms with Crippen molar-refractivity contribution in [1.29, 1.82) is 0 Å². The minimum absolute atomic E-state index is 0.0431. The summed E-state index contributed by atoms with van der Waals surface area (Å²) < 4.78 is 21.7. The third-order valence-electron chi connectivity index (χ3n) is 4.73. The van der Waals surface area contributed by atoms with E-state index >= 15 is 0 Å². The zero-order valence-electron chi connectivity index (χ0n) is 19.3. The van der Waals surface area contributed by atoms with Gasteiger partial charge in [-0.05, 0) is 46.5 Å². The summed E-state index contributed by atoms with van der Waals surface area (Å²) in [5.74, 6) is 2.42. The van der Waals surface area contributed by atoms with E-state index in [0.29, 0.717) is 32.6 Å². The fourth-order valence-corrected chi connectivity index (χ4v) is 3.36. The summed E-state index contributed by atoms with van der Waals surface area (Å²) in [5.41, 5.74) is -0.328. The van der Waals surface area contributed by atoms with E-state index in [1.54, 1.807) is 0 Å². The van der Waals surface area contributed by atoms with Gasteiger partial charge in [0.2, 0.25) is 0 Å². The molecule has 2 saturated heterocycles. The van der Waals surface area contributed by atoms with E-state index in [1.807, 2.05) is 25.7 Å². The standard InChI is InChI=1S/C17H27NO4.C6H12O2/c1-3-5-10-18-14(4-2)13-22-15(17(18)19)9-12-21-16-8-6-7-11-20-16;1-5(7)8-6(2,3)4/h1,14-16H,4-13H2,2H3;1-4H3. The Morgan fingerprint density at radius 1 is 1.30 bits per heavy atom. The van der Waals surface area contributed by atoms with E-state index in [4.69, 9.17) is 25.4 Å². The zero-order chi connectivity index (χ0) is 22.6. The highest BCUT2D eigenvalue weighted by molar-refractivity contribution is 5.82. The van der Waals surface area contributed by atoms with Gasteiger partial charge in [0.05, 0.1) is 19.3 Å². The molecule has 3 atom stereocenters. The zero-order valence-corrected chi connectivity index (χ0v) is 19.3. The molecule has 0 aromatic heterocycles. The largest absolute Gasteiger partial charge is 0.460 e. The minimum atomic E-state index is -0.413. The van der Waals surface area contributed by atoms with E-state index in [-0.39, 0.29) is 29.8 Å². The lowest BCUT2D eigenvalue weighted by Gasteiger charge is -2.39. The number of esters is 1. The molecule has 2 aliphatic heterocycles. The second kappa shape index (κ2) is 13.6. The molecule has 0 spiro atoms. The van der Waals surface area contributed by atoms with Crippen molar-refractivity contribution < 1.29 is 28.5 Å². The lowest BCUT2D eigenvalue weighted by Crippen LogP contribution is -2.54. The summed E-state index contributed by atoms with van der Waals surface area (Å²) in [4.78, 5) is 24.6. The summed E-state index contributed by atoms with van der Waals surface area (Å²) in [5, 5.41) is 0. The fraction of sp³-hybridized carbons (Fsp3) is 0.826. The van der Waals surface area contributed by atoms with Crippen molar-refractivity contribution in [1.82, 2.24) is 4.90 Å². The Morgan fingerprint density at radius 2 is 2.03 bits per heavy atom. The van der Waals surface area contributed by atoms with Crippen LogP contribution in [0.15, 0.2) is 0 Å². The van der Waals surface area contributed by atoms with Crippen molar-refractivity contribution in [3.8, 4) is 12.3 Å². The lowest BCUT2D eigenvalue weighted by atomic mass is 10.1. The van der Waals surface area contributed by atoms with Gasteiger partial charge in [0.15, 0.2) is 6.29 Å². The topological polar surface area (TPSA) is 74.3 Å². The first-order valence-corrected chi connectivity index (χ1v) is 11.0. The number of terminal acetylenes is 1. The van der Waals surface area contributed by atoms with Crippen LogP contribution in [0.1, 0.15) is 73.1 Å². The van der Waals surface area contributed by atoms with E-state index < -0.39 is 6.10 Å². The molecule has 0 saturated carbocycles. The van der Waals surface area contributed by atoms with Crippen LogP contribution in [-0.4, -0.2) is 67.2 Å². The molecular formula is C23H39NO6. The Balaban J connectivity index is 0.000000479. The third-order valence-corrected chi connectivity index (χ3v) is 4.73. The molecule has 30 heavy (non-hydrogen) atoms. The molecule has 7 nitrogen and oxygen atoms in total. The SMILES string of the molecule is C#CCCN1C(=O)C(CCOC2CCCCO2)OCC1CC.CC(=O)OC(C)(C)C. The highest BCUT2D eigenvalue weighted by Gasteiger charge is 2.34. The van der Waals surface area contributed by atoms with Crippen LogP contribution in [0.25, 0.3) is 0 Å². The Bertz CT molecular complexity index is 559. The van der Waals surface area contributed by atoms with E-state index in [9.17, 15) is 9.59 Å². The molecular weight excluding hydrogens is 386 g/mol. The lowest BCUT2D eigenvalue weighted by molar-refractivity contribution is -0.176. The average Bonchev–Trinajstić information content (AvgIpc) is 2.67. The van der Waals surface area contributed by atoms with Crippen molar-refractivity contribution >= 4 is 11.9 Å². The number of rotatable bonds is 7. The van der Waals surface area contributed by atoms with Crippen LogP contribution in [0, 0.1) is 12.3 Å². The second-order valence-corrected chi connectivity index (χ2v) is 8.53. The smallest absolute Gasteiger partial charge is 0.303 e. The molecule has 0 radical (unpaired) electrons. The number of carbonyl (C=O) groups is 2. The number of ether oxygens (including phenoxy) is 4. The van der Waals surface area contributed by atoms with Gasteiger partial charge in [-0.15, -0.1) is 12.3 Å². The molecule has 0 bridgehead atoms. The fourth-order valence-electron chi connectivity index (χ4n) is 3.36. The molecule has 0 aromatic rings. The highest BCUT2D eigenvalue weighted by Crippen LogP contribution is 2.20. The molecule has 3 unspecified atom stereocenters. The molecule has 0 N–H and O–H groups in total. The number of amides is 1. The van der Waals surface area contributed by atoms with Crippen molar-refractivity contribution in [3.05, 3.63) is 0 Å². The summed E-state index contributed by atoms with van der Waals surface area (Å²) >= 11 is 0. The molecule has 0 aliphatic carbocycles. The summed E-state index contributed by atoms with van der Waals surface area (Å²) in [6.45, 7) is 11.4. The molecule has 1 amide bonds. The van der Waals surface area contributed by atoms with Crippen LogP contribution >= 0.6 is 0 Å². The normalized spacial score (nSPS) is 24.5. The molecule has 2 rings (SSSR count). The van der Waals surface area contributed by atoms with Gasteiger partial charge in [0, 0.05) is 32.9 Å². The highest BCUT2D eigenvalue weighted by atomic mass is 16.7. The first-order valence-electron chi connectivity index (χ1n) is 11.0. The molecule has 2 heterocycles. The third kappa shape index (κ3) is 10.4. The second-order valence-electron chi connectivity index (χ2n) is 8.53. The molecule has 172 valence electrons. The number of morpholine rings is 1.